The summed E-state index contributed by atoms with van der Waals surface area (Å²) in [5, 5.41) is 19.0. The Bertz CT molecular complexity index is 761. The summed E-state index contributed by atoms with van der Waals surface area (Å²) < 4.78 is 0. The van der Waals surface area contributed by atoms with Crippen LogP contribution in [0.4, 0.5) is 0 Å². The van der Waals surface area contributed by atoms with Gasteiger partial charge in [-0.2, -0.15) is 5.26 Å². The number of nitrogens with one attached hydrogen (secondary N) is 3. The van der Waals surface area contributed by atoms with E-state index in [1.807, 2.05) is 42.5 Å². The van der Waals surface area contributed by atoms with Crippen molar-refractivity contribution >= 4 is 16.6 Å². The number of benzene rings is 1. The number of hydrogen-bond acceptors (Lipinski definition) is 5. The lowest BCUT2D eigenvalue weighted by Crippen LogP contribution is -2.40. The second-order valence-corrected chi connectivity index (χ2v) is 6.23. The normalized spacial score (nSPS) is 17.0. The zero-order valence-electron chi connectivity index (χ0n) is 14.0. The van der Waals surface area contributed by atoms with Gasteiger partial charge in [0.05, 0.1) is 5.70 Å². The Balaban J connectivity index is 1.77. The van der Waals surface area contributed by atoms with Gasteiger partial charge in [0, 0.05) is 49.3 Å². The fourth-order valence-electron chi connectivity index (χ4n) is 3.26. The van der Waals surface area contributed by atoms with Crippen LogP contribution in [0.25, 0.3) is 16.6 Å². The zero-order chi connectivity index (χ0) is 16.9. The molecular formula is C18H24N6. The summed E-state index contributed by atoms with van der Waals surface area (Å²) in [6.07, 6.45) is 4.21. The summed E-state index contributed by atoms with van der Waals surface area (Å²) in [7, 11) is 1.88. The molecule has 1 aromatic heterocycles. The van der Waals surface area contributed by atoms with Gasteiger partial charge in [-0.15, -0.1) is 0 Å². The van der Waals surface area contributed by atoms with Crippen LogP contribution in [0.15, 0.2) is 30.5 Å². The average Bonchev–Trinajstić information content (AvgIpc) is 2.99. The van der Waals surface area contributed by atoms with E-state index < -0.39 is 0 Å². The monoisotopic (exact) mass is 324 g/mol. The number of nitrogens with two attached hydrogens (primary N) is 1. The number of nitrogens with zero attached hydrogens (tertiary/aromatic N) is 2. The standard InChI is InChI=1S/C18H24N6/c1-21-17(12-22-11-13-6-8-24(20)9-7-13)18-14-4-2-3-5-15(14)23-16(18)10-19/h2-5,12-13,21-23H,6-9,11,20H2,1H3/b17-12-. The fraction of sp³-hybridized carbons (Fsp3) is 0.389. The number of aromatic nitrogens is 1. The van der Waals surface area contributed by atoms with Gasteiger partial charge in [-0.1, -0.05) is 18.2 Å². The highest BCUT2D eigenvalue weighted by Gasteiger charge is 2.17. The minimum atomic E-state index is 0.579. The topological polar surface area (TPSA) is 92.9 Å². The van der Waals surface area contributed by atoms with Crippen LogP contribution in [0.5, 0.6) is 0 Å². The summed E-state index contributed by atoms with van der Waals surface area (Å²) in [6, 6.07) is 10.2. The van der Waals surface area contributed by atoms with Crippen LogP contribution < -0.4 is 16.5 Å². The molecule has 0 saturated carbocycles. The van der Waals surface area contributed by atoms with Crippen LogP contribution in [-0.2, 0) is 0 Å². The number of fused-ring (bicyclic) bond motifs is 1. The summed E-state index contributed by atoms with van der Waals surface area (Å²) >= 11 is 0. The third-order valence-corrected chi connectivity index (χ3v) is 4.66. The second kappa shape index (κ2) is 7.39. The van der Waals surface area contributed by atoms with E-state index in [4.69, 9.17) is 5.84 Å². The molecule has 0 spiro atoms. The predicted octanol–water partition coefficient (Wildman–Crippen LogP) is 1.73. The van der Waals surface area contributed by atoms with E-state index in [1.165, 1.54) is 0 Å². The van der Waals surface area contributed by atoms with Gasteiger partial charge >= 0.3 is 0 Å². The number of nitriles is 1. The van der Waals surface area contributed by atoms with Gasteiger partial charge < -0.3 is 15.6 Å². The highest BCUT2D eigenvalue weighted by molar-refractivity contribution is 5.94. The molecule has 0 unspecified atom stereocenters. The van der Waals surface area contributed by atoms with E-state index in [9.17, 15) is 5.26 Å². The Morgan fingerprint density at radius 1 is 1.42 bits per heavy atom. The number of piperidine rings is 1. The van der Waals surface area contributed by atoms with E-state index in [0.29, 0.717) is 11.6 Å². The van der Waals surface area contributed by atoms with Crippen LogP contribution in [0.1, 0.15) is 24.1 Å². The molecule has 1 aromatic carbocycles. The minimum Gasteiger partial charge on any atom is -0.389 e. The van der Waals surface area contributed by atoms with E-state index in [2.05, 4.69) is 21.7 Å². The Labute approximate surface area is 142 Å². The van der Waals surface area contributed by atoms with E-state index >= 15 is 0 Å². The number of H-pyrrole nitrogens is 1. The number of aromatic amines is 1. The first-order chi connectivity index (χ1) is 11.7. The summed E-state index contributed by atoms with van der Waals surface area (Å²) in [5.41, 5.74) is 3.38. The Kier molecular flexibility index (Phi) is 5.04. The maximum atomic E-state index is 9.44. The van der Waals surface area contributed by atoms with Crippen LogP contribution in [-0.4, -0.2) is 36.7 Å². The van der Waals surface area contributed by atoms with Crippen molar-refractivity contribution < 1.29 is 0 Å². The molecule has 0 aliphatic carbocycles. The maximum Gasteiger partial charge on any atom is 0.128 e. The molecule has 6 nitrogen and oxygen atoms in total. The first-order valence-electron chi connectivity index (χ1n) is 8.35. The number of rotatable bonds is 5. The summed E-state index contributed by atoms with van der Waals surface area (Å²) in [6.45, 7) is 2.83. The van der Waals surface area contributed by atoms with Gasteiger partial charge in [-0.3, -0.25) is 5.84 Å². The molecule has 1 aliphatic rings. The smallest absolute Gasteiger partial charge is 0.128 e. The molecule has 2 aromatic rings. The van der Waals surface area contributed by atoms with Crippen molar-refractivity contribution in [3.63, 3.8) is 0 Å². The molecular weight excluding hydrogens is 300 g/mol. The van der Waals surface area contributed by atoms with Crippen molar-refractivity contribution in [3.05, 3.63) is 41.7 Å². The number of hydrazine groups is 1. The van der Waals surface area contributed by atoms with Crippen molar-refractivity contribution in [1.29, 1.82) is 5.26 Å². The quantitative estimate of drug-likeness (QED) is 0.629. The Morgan fingerprint density at radius 3 is 2.88 bits per heavy atom. The first-order valence-corrected chi connectivity index (χ1v) is 8.35. The third kappa shape index (κ3) is 3.37. The SMILES string of the molecule is CN/C(=C\NCC1CCN(N)CC1)c1c(C#N)[nH]c2ccccc12. The molecule has 6 heteroatoms. The average molecular weight is 324 g/mol. The summed E-state index contributed by atoms with van der Waals surface area (Å²) in [5.74, 6) is 6.44. The lowest BCUT2D eigenvalue weighted by molar-refractivity contribution is 0.188. The molecule has 5 N–H and O–H groups in total. The maximum absolute atomic E-state index is 9.44. The van der Waals surface area contributed by atoms with Crippen LogP contribution in [0.2, 0.25) is 0 Å². The fourth-order valence-corrected chi connectivity index (χ4v) is 3.26. The van der Waals surface area contributed by atoms with Gasteiger partial charge in [0.1, 0.15) is 11.8 Å². The van der Waals surface area contributed by atoms with Crippen LogP contribution >= 0.6 is 0 Å². The van der Waals surface area contributed by atoms with Gasteiger partial charge in [0.15, 0.2) is 0 Å². The van der Waals surface area contributed by atoms with Gasteiger partial charge in [-0.25, -0.2) is 5.01 Å². The first kappa shape index (κ1) is 16.4. The third-order valence-electron chi connectivity index (χ3n) is 4.66. The zero-order valence-corrected chi connectivity index (χ0v) is 14.0. The molecule has 1 fully saturated rings. The van der Waals surface area contributed by atoms with E-state index in [0.717, 1.165) is 54.6 Å². The molecule has 0 radical (unpaired) electrons. The predicted molar refractivity (Wildman–Crippen MR) is 96.5 cm³/mol. The van der Waals surface area contributed by atoms with Crippen LogP contribution in [0, 0.1) is 17.2 Å². The highest BCUT2D eigenvalue weighted by atomic mass is 15.4. The molecule has 0 amide bonds. The van der Waals surface area contributed by atoms with Gasteiger partial charge in [0.25, 0.3) is 0 Å². The van der Waals surface area contributed by atoms with E-state index in [1.54, 1.807) is 0 Å². The van der Waals surface area contributed by atoms with Crippen molar-refractivity contribution in [2.45, 2.75) is 12.8 Å². The molecule has 126 valence electrons. The van der Waals surface area contributed by atoms with Gasteiger partial charge in [0.2, 0.25) is 0 Å². The highest BCUT2D eigenvalue weighted by Crippen LogP contribution is 2.27. The van der Waals surface area contributed by atoms with Crippen molar-refractivity contribution in [2.24, 2.45) is 11.8 Å². The van der Waals surface area contributed by atoms with Crippen molar-refractivity contribution in [3.8, 4) is 6.07 Å². The molecule has 2 heterocycles. The molecule has 0 bridgehead atoms. The lowest BCUT2D eigenvalue weighted by Gasteiger charge is -2.28. The molecule has 1 saturated heterocycles. The molecule has 0 atom stereocenters. The van der Waals surface area contributed by atoms with Gasteiger partial charge in [-0.05, 0) is 24.8 Å². The van der Waals surface area contributed by atoms with Crippen molar-refractivity contribution in [2.75, 3.05) is 26.7 Å². The number of hydrogen-bond donors (Lipinski definition) is 4. The Morgan fingerprint density at radius 2 is 2.17 bits per heavy atom. The molecule has 1 aliphatic heterocycles. The lowest BCUT2D eigenvalue weighted by atomic mass is 9.98. The second-order valence-electron chi connectivity index (χ2n) is 6.23. The van der Waals surface area contributed by atoms with Crippen LogP contribution in [0.3, 0.4) is 0 Å². The summed E-state index contributed by atoms with van der Waals surface area (Å²) in [4.78, 5) is 3.18. The molecule has 3 rings (SSSR count). The van der Waals surface area contributed by atoms with E-state index in [-0.39, 0.29) is 0 Å². The largest absolute Gasteiger partial charge is 0.389 e. The Hall–Kier alpha value is -2.49. The van der Waals surface area contributed by atoms with Crippen molar-refractivity contribution in [1.82, 2.24) is 20.6 Å². The number of para-hydroxylation sites is 1. The minimum absolute atomic E-state index is 0.579. The molecule has 24 heavy (non-hydrogen) atoms.